The Balaban J connectivity index is 1.63. The van der Waals surface area contributed by atoms with Crippen molar-refractivity contribution in [1.29, 1.82) is 0 Å². The molecule has 2 aromatic heterocycles. The molecule has 0 aliphatic rings. The highest BCUT2D eigenvalue weighted by Gasteiger charge is 2.14. The molecule has 124 valence electrons. The van der Waals surface area contributed by atoms with Gasteiger partial charge in [-0.2, -0.15) is 0 Å². The maximum absolute atomic E-state index is 12.2. The van der Waals surface area contributed by atoms with Gasteiger partial charge in [-0.3, -0.25) is 5.32 Å². The van der Waals surface area contributed by atoms with Crippen molar-refractivity contribution in [2.24, 2.45) is 0 Å². The summed E-state index contributed by atoms with van der Waals surface area (Å²) in [5.74, 6) is 1.49. The normalized spacial score (nSPS) is 10.4. The van der Waals surface area contributed by atoms with E-state index in [0.717, 1.165) is 16.3 Å². The highest BCUT2D eigenvalue weighted by Crippen LogP contribution is 2.27. The van der Waals surface area contributed by atoms with Gasteiger partial charge in [-0.25, -0.2) is 4.79 Å². The SMILES string of the molecule is COc1ccc(-c2nnc(NC(=O)N(C)Cc3ccco3)s2)cc1. The average molecular weight is 344 g/mol. The van der Waals surface area contributed by atoms with E-state index in [1.54, 1.807) is 26.5 Å². The van der Waals surface area contributed by atoms with Crippen molar-refractivity contribution in [1.82, 2.24) is 15.1 Å². The summed E-state index contributed by atoms with van der Waals surface area (Å²) in [5.41, 5.74) is 0.915. The number of carbonyl (C=O) groups excluding carboxylic acids is 1. The number of ether oxygens (including phenoxy) is 1. The van der Waals surface area contributed by atoms with Gasteiger partial charge in [0.15, 0.2) is 0 Å². The number of carbonyl (C=O) groups is 1. The number of hydrogen-bond acceptors (Lipinski definition) is 6. The highest BCUT2D eigenvalue weighted by atomic mass is 32.1. The van der Waals surface area contributed by atoms with Crippen LogP contribution in [-0.2, 0) is 6.54 Å². The molecule has 1 aromatic carbocycles. The van der Waals surface area contributed by atoms with Crippen LogP contribution in [0.25, 0.3) is 10.6 Å². The van der Waals surface area contributed by atoms with E-state index in [1.165, 1.54) is 16.2 Å². The summed E-state index contributed by atoms with van der Waals surface area (Å²) in [7, 11) is 3.30. The quantitative estimate of drug-likeness (QED) is 0.766. The van der Waals surface area contributed by atoms with Gasteiger partial charge in [-0.1, -0.05) is 11.3 Å². The zero-order chi connectivity index (χ0) is 16.9. The summed E-state index contributed by atoms with van der Waals surface area (Å²) >= 11 is 1.31. The van der Waals surface area contributed by atoms with Crippen molar-refractivity contribution < 1.29 is 13.9 Å². The minimum atomic E-state index is -0.274. The van der Waals surface area contributed by atoms with Crippen LogP contribution in [0.4, 0.5) is 9.93 Å². The van der Waals surface area contributed by atoms with Crippen LogP contribution < -0.4 is 10.1 Å². The minimum absolute atomic E-state index is 0.274. The molecule has 3 aromatic rings. The van der Waals surface area contributed by atoms with E-state index in [9.17, 15) is 4.79 Å². The molecule has 0 saturated heterocycles. The Hall–Kier alpha value is -2.87. The minimum Gasteiger partial charge on any atom is -0.497 e. The van der Waals surface area contributed by atoms with E-state index in [4.69, 9.17) is 9.15 Å². The van der Waals surface area contributed by atoms with Gasteiger partial charge in [-0.05, 0) is 36.4 Å². The first kappa shape index (κ1) is 16.0. The highest BCUT2D eigenvalue weighted by molar-refractivity contribution is 7.18. The predicted molar refractivity (Wildman–Crippen MR) is 91.1 cm³/mol. The van der Waals surface area contributed by atoms with E-state index in [1.807, 2.05) is 30.3 Å². The smallest absolute Gasteiger partial charge is 0.323 e. The molecule has 0 aliphatic heterocycles. The summed E-state index contributed by atoms with van der Waals surface area (Å²) in [6.07, 6.45) is 1.58. The summed E-state index contributed by atoms with van der Waals surface area (Å²) in [6, 6.07) is 10.8. The van der Waals surface area contributed by atoms with Gasteiger partial charge < -0.3 is 14.1 Å². The van der Waals surface area contributed by atoms with Crippen LogP contribution in [0.2, 0.25) is 0 Å². The van der Waals surface area contributed by atoms with Crippen LogP contribution in [0.5, 0.6) is 5.75 Å². The number of nitrogens with zero attached hydrogens (tertiary/aromatic N) is 3. The van der Waals surface area contributed by atoms with E-state index in [0.29, 0.717) is 17.4 Å². The Morgan fingerprint density at radius 1 is 1.29 bits per heavy atom. The molecule has 0 fully saturated rings. The van der Waals surface area contributed by atoms with Gasteiger partial charge >= 0.3 is 6.03 Å². The Morgan fingerprint density at radius 3 is 2.75 bits per heavy atom. The molecule has 1 N–H and O–H groups in total. The van der Waals surface area contributed by atoms with Gasteiger partial charge in [-0.15, -0.1) is 10.2 Å². The van der Waals surface area contributed by atoms with Gasteiger partial charge in [0.05, 0.1) is 19.9 Å². The second kappa shape index (κ2) is 7.14. The first-order valence-electron chi connectivity index (χ1n) is 7.18. The Morgan fingerprint density at radius 2 is 2.08 bits per heavy atom. The third-order valence-electron chi connectivity index (χ3n) is 3.30. The van der Waals surface area contributed by atoms with Gasteiger partial charge in [0.1, 0.15) is 16.5 Å². The maximum atomic E-state index is 12.2. The van der Waals surface area contributed by atoms with Crippen LogP contribution in [-0.4, -0.2) is 35.3 Å². The fourth-order valence-corrected chi connectivity index (χ4v) is 2.76. The van der Waals surface area contributed by atoms with Crippen molar-refractivity contribution in [2.75, 3.05) is 19.5 Å². The standard InChI is InChI=1S/C16H16N4O3S/c1-20(10-13-4-3-9-23-13)16(21)17-15-19-18-14(24-15)11-5-7-12(22-2)8-6-11/h3-9H,10H2,1-2H3,(H,17,19,21). The fourth-order valence-electron chi connectivity index (χ4n) is 2.02. The number of nitrogens with one attached hydrogen (secondary N) is 1. The lowest BCUT2D eigenvalue weighted by Crippen LogP contribution is -2.30. The first-order chi connectivity index (χ1) is 11.7. The molecular weight excluding hydrogens is 328 g/mol. The number of urea groups is 1. The fraction of sp³-hybridized carbons (Fsp3) is 0.188. The van der Waals surface area contributed by atoms with Crippen LogP contribution >= 0.6 is 11.3 Å². The van der Waals surface area contributed by atoms with E-state index < -0.39 is 0 Å². The van der Waals surface area contributed by atoms with Crippen LogP contribution in [0.15, 0.2) is 47.1 Å². The number of furan rings is 1. The number of benzene rings is 1. The van der Waals surface area contributed by atoms with Crippen molar-refractivity contribution in [3.05, 3.63) is 48.4 Å². The molecule has 0 unspecified atom stereocenters. The van der Waals surface area contributed by atoms with Crippen molar-refractivity contribution in [3.8, 4) is 16.3 Å². The number of amides is 2. The van der Waals surface area contributed by atoms with Gasteiger partial charge in [0.2, 0.25) is 5.13 Å². The molecular formula is C16H16N4O3S. The number of anilines is 1. The molecule has 0 aliphatic carbocycles. The van der Waals surface area contributed by atoms with E-state index in [-0.39, 0.29) is 6.03 Å². The molecule has 2 amide bonds. The lowest BCUT2D eigenvalue weighted by Gasteiger charge is -2.14. The predicted octanol–water partition coefficient (Wildman–Crippen LogP) is 3.47. The lowest BCUT2D eigenvalue weighted by atomic mass is 10.2. The summed E-state index contributed by atoms with van der Waals surface area (Å²) < 4.78 is 10.4. The molecule has 2 heterocycles. The molecule has 0 bridgehead atoms. The third kappa shape index (κ3) is 3.72. The number of aromatic nitrogens is 2. The molecule has 0 radical (unpaired) electrons. The van der Waals surface area contributed by atoms with Crippen LogP contribution in [0, 0.1) is 0 Å². The summed E-state index contributed by atoms with van der Waals surface area (Å²) in [5, 5.41) is 12.0. The molecule has 3 rings (SSSR count). The lowest BCUT2D eigenvalue weighted by molar-refractivity contribution is 0.216. The maximum Gasteiger partial charge on any atom is 0.323 e. The second-order valence-corrected chi connectivity index (χ2v) is 5.98. The molecule has 0 atom stereocenters. The largest absolute Gasteiger partial charge is 0.497 e. The van der Waals surface area contributed by atoms with E-state index >= 15 is 0 Å². The Kier molecular flexibility index (Phi) is 4.76. The van der Waals surface area contributed by atoms with Crippen molar-refractivity contribution >= 4 is 22.5 Å². The Labute approximate surface area is 142 Å². The topological polar surface area (TPSA) is 80.5 Å². The summed E-state index contributed by atoms with van der Waals surface area (Å²) in [6.45, 7) is 0.378. The first-order valence-corrected chi connectivity index (χ1v) is 8.00. The van der Waals surface area contributed by atoms with Crippen molar-refractivity contribution in [2.45, 2.75) is 6.54 Å². The number of methoxy groups -OCH3 is 1. The Bertz CT molecular complexity index is 799. The second-order valence-electron chi connectivity index (χ2n) is 5.01. The monoisotopic (exact) mass is 344 g/mol. The molecule has 0 spiro atoms. The van der Waals surface area contributed by atoms with Gasteiger partial charge in [0.25, 0.3) is 0 Å². The number of rotatable bonds is 5. The average Bonchev–Trinajstić information content (AvgIpc) is 3.27. The zero-order valence-electron chi connectivity index (χ0n) is 13.2. The molecule has 24 heavy (non-hydrogen) atoms. The molecule has 0 saturated carbocycles. The van der Waals surface area contributed by atoms with Crippen LogP contribution in [0.3, 0.4) is 0 Å². The molecule has 7 nitrogen and oxygen atoms in total. The third-order valence-corrected chi connectivity index (χ3v) is 4.18. The molecule has 8 heteroatoms. The number of hydrogen-bond donors (Lipinski definition) is 1. The van der Waals surface area contributed by atoms with Gasteiger partial charge in [0, 0.05) is 12.6 Å². The van der Waals surface area contributed by atoms with Crippen molar-refractivity contribution in [3.63, 3.8) is 0 Å². The zero-order valence-corrected chi connectivity index (χ0v) is 14.0. The van der Waals surface area contributed by atoms with E-state index in [2.05, 4.69) is 15.5 Å². The summed E-state index contributed by atoms with van der Waals surface area (Å²) in [4.78, 5) is 13.7. The van der Waals surface area contributed by atoms with Crippen LogP contribution in [0.1, 0.15) is 5.76 Å².